The monoisotopic (exact) mass is 421 g/mol. The molecular formula is C23H20FN3O4. The van der Waals surface area contributed by atoms with Gasteiger partial charge >= 0.3 is 5.76 Å². The van der Waals surface area contributed by atoms with Gasteiger partial charge in [-0.2, -0.15) is 0 Å². The van der Waals surface area contributed by atoms with E-state index in [9.17, 15) is 14.3 Å². The van der Waals surface area contributed by atoms with Crippen molar-refractivity contribution in [3.63, 3.8) is 0 Å². The van der Waals surface area contributed by atoms with Crippen molar-refractivity contribution in [2.75, 3.05) is 0 Å². The van der Waals surface area contributed by atoms with Crippen molar-refractivity contribution in [2.45, 2.75) is 26.9 Å². The zero-order chi connectivity index (χ0) is 22.0. The van der Waals surface area contributed by atoms with Gasteiger partial charge in [-0.1, -0.05) is 35.5 Å². The number of aryl methyl sites for hydroxylation is 1. The first-order valence-corrected chi connectivity index (χ1v) is 9.63. The van der Waals surface area contributed by atoms with Crippen molar-refractivity contribution in [1.82, 2.24) is 15.1 Å². The molecule has 2 N–H and O–H groups in total. The van der Waals surface area contributed by atoms with E-state index in [-0.39, 0.29) is 23.9 Å². The Morgan fingerprint density at radius 1 is 1.16 bits per heavy atom. The average Bonchev–Trinajstić information content (AvgIpc) is 3.19. The lowest BCUT2D eigenvalue weighted by Gasteiger charge is -2.15. The summed E-state index contributed by atoms with van der Waals surface area (Å²) in [5.74, 6) is -0.868. The van der Waals surface area contributed by atoms with Crippen LogP contribution in [-0.2, 0) is 13.0 Å². The van der Waals surface area contributed by atoms with Gasteiger partial charge in [0.15, 0.2) is 17.4 Å². The van der Waals surface area contributed by atoms with Gasteiger partial charge in [0.05, 0.1) is 0 Å². The predicted molar refractivity (Wildman–Crippen MR) is 111 cm³/mol. The van der Waals surface area contributed by atoms with Crippen LogP contribution in [0.2, 0.25) is 0 Å². The van der Waals surface area contributed by atoms with E-state index in [2.05, 4.69) is 19.6 Å². The Kier molecular flexibility index (Phi) is 5.53. The topological polar surface area (TPSA) is 101 Å². The smallest absolute Gasteiger partial charge is 0.439 e. The predicted octanol–water partition coefficient (Wildman–Crippen LogP) is 4.06. The molecule has 2 aromatic heterocycles. The number of halogens is 1. The van der Waals surface area contributed by atoms with Crippen molar-refractivity contribution >= 4 is 0 Å². The summed E-state index contributed by atoms with van der Waals surface area (Å²) in [4.78, 5) is 17.9. The molecule has 0 radical (unpaired) electrons. The van der Waals surface area contributed by atoms with Crippen LogP contribution in [0.25, 0.3) is 11.3 Å². The molecule has 0 saturated heterocycles. The first-order valence-electron chi connectivity index (χ1n) is 9.63. The van der Waals surface area contributed by atoms with Crippen LogP contribution in [0, 0.1) is 19.7 Å². The average molecular weight is 421 g/mol. The number of H-pyrrole nitrogens is 1. The first kappa shape index (κ1) is 20.3. The Hall–Kier alpha value is -3.94. The van der Waals surface area contributed by atoms with Crippen LogP contribution < -0.4 is 10.5 Å². The zero-order valence-electron chi connectivity index (χ0n) is 17.0. The fourth-order valence-electron chi connectivity index (χ4n) is 3.39. The lowest BCUT2D eigenvalue weighted by Crippen LogP contribution is -2.06. The van der Waals surface area contributed by atoms with Gasteiger partial charge in [-0.05, 0) is 48.7 Å². The fourth-order valence-corrected chi connectivity index (χ4v) is 3.39. The standard InChI is InChI=1S/C23H20FN3O4/c1-13-10-19(30-12-20-26-23(29)31-27-20)21(24)14(2)17(13)11-16-8-9-18(28)22(25-16)15-6-4-3-5-7-15/h3-10,28H,11-12H2,1-2H3,(H,26,27,29). The molecule has 4 aromatic rings. The van der Waals surface area contributed by atoms with E-state index in [1.807, 2.05) is 37.3 Å². The molecule has 0 amide bonds. The number of nitrogens with one attached hydrogen (secondary N) is 1. The molecule has 2 aromatic carbocycles. The van der Waals surface area contributed by atoms with Crippen molar-refractivity contribution < 1.29 is 18.8 Å². The number of aromatic hydroxyl groups is 1. The Morgan fingerprint density at radius 3 is 2.65 bits per heavy atom. The van der Waals surface area contributed by atoms with Gasteiger partial charge in [-0.15, -0.1) is 0 Å². The van der Waals surface area contributed by atoms with Crippen LogP contribution >= 0.6 is 0 Å². The van der Waals surface area contributed by atoms with E-state index in [1.54, 1.807) is 25.1 Å². The highest BCUT2D eigenvalue weighted by Gasteiger charge is 2.17. The summed E-state index contributed by atoms with van der Waals surface area (Å²) in [6.45, 7) is 3.42. The van der Waals surface area contributed by atoms with Crippen molar-refractivity contribution in [3.05, 3.63) is 93.1 Å². The van der Waals surface area contributed by atoms with Crippen LogP contribution in [0.1, 0.15) is 28.2 Å². The Morgan fingerprint density at radius 2 is 1.94 bits per heavy atom. The van der Waals surface area contributed by atoms with Gasteiger partial charge in [0.2, 0.25) is 0 Å². The van der Waals surface area contributed by atoms with E-state index in [0.29, 0.717) is 23.4 Å². The highest BCUT2D eigenvalue weighted by molar-refractivity contribution is 5.66. The lowest BCUT2D eigenvalue weighted by atomic mass is 9.97. The SMILES string of the molecule is Cc1cc(OCc2noc(=O)[nH]2)c(F)c(C)c1Cc1ccc(O)c(-c2ccccc2)n1. The normalized spacial score (nSPS) is 10.9. The molecule has 158 valence electrons. The summed E-state index contributed by atoms with van der Waals surface area (Å²) in [7, 11) is 0. The lowest BCUT2D eigenvalue weighted by molar-refractivity contribution is 0.271. The van der Waals surface area contributed by atoms with E-state index in [1.165, 1.54) is 0 Å². The minimum atomic E-state index is -0.696. The largest absolute Gasteiger partial charge is 0.506 e. The number of aromatic amines is 1. The van der Waals surface area contributed by atoms with E-state index < -0.39 is 11.6 Å². The van der Waals surface area contributed by atoms with Crippen LogP contribution in [0.4, 0.5) is 4.39 Å². The number of hydrogen-bond acceptors (Lipinski definition) is 6. The van der Waals surface area contributed by atoms with Gasteiger partial charge in [-0.25, -0.2) is 14.2 Å². The molecule has 8 heteroatoms. The van der Waals surface area contributed by atoms with Gasteiger partial charge in [0.1, 0.15) is 18.1 Å². The van der Waals surface area contributed by atoms with Crippen LogP contribution in [-0.4, -0.2) is 20.2 Å². The molecule has 0 atom stereocenters. The maximum absolute atomic E-state index is 15.0. The Balaban J connectivity index is 1.60. The van der Waals surface area contributed by atoms with Crippen LogP contribution in [0.15, 0.2) is 57.8 Å². The van der Waals surface area contributed by atoms with E-state index >= 15 is 0 Å². The number of rotatable bonds is 6. The minimum absolute atomic E-state index is 0.0613. The number of benzene rings is 2. The number of hydrogen-bond donors (Lipinski definition) is 2. The summed E-state index contributed by atoms with van der Waals surface area (Å²) in [5.41, 5.74) is 4.05. The molecule has 0 bridgehead atoms. The minimum Gasteiger partial charge on any atom is -0.506 e. The fraction of sp³-hybridized carbons (Fsp3) is 0.174. The second-order valence-corrected chi connectivity index (χ2v) is 7.15. The molecule has 0 unspecified atom stereocenters. The number of aromatic nitrogens is 3. The van der Waals surface area contributed by atoms with E-state index in [4.69, 9.17) is 4.74 Å². The molecule has 31 heavy (non-hydrogen) atoms. The maximum Gasteiger partial charge on any atom is 0.439 e. The molecule has 0 spiro atoms. The summed E-state index contributed by atoms with van der Waals surface area (Å²) in [5, 5.41) is 13.7. The van der Waals surface area contributed by atoms with Crippen LogP contribution in [0.5, 0.6) is 11.5 Å². The molecule has 0 fully saturated rings. The Labute approximate surface area is 177 Å². The van der Waals surface area contributed by atoms with Gasteiger partial charge in [0.25, 0.3) is 0 Å². The molecule has 4 rings (SSSR count). The van der Waals surface area contributed by atoms with Crippen molar-refractivity contribution in [3.8, 4) is 22.8 Å². The van der Waals surface area contributed by atoms with Gasteiger partial charge in [-0.3, -0.25) is 9.51 Å². The van der Waals surface area contributed by atoms with Gasteiger partial charge in [0, 0.05) is 17.7 Å². The van der Waals surface area contributed by atoms with Crippen LogP contribution in [0.3, 0.4) is 0 Å². The number of nitrogens with zero attached hydrogens (tertiary/aromatic N) is 2. The van der Waals surface area contributed by atoms with E-state index in [0.717, 1.165) is 16.7 Å². The third kappa shape index (κ3) is 4.32. The second kappa shape index (κ2) is 8.43. The van der Waals surface area contributed by atoms with Crippen molar-refractivity contribution in [2.24, 2.45) is 0 Å². The zero-order valence-corrected chi connectivity index (χ0v) is 17.0. The summed E-state index contributed by atoms with van der Waals surface area (Å²) >= 11 is 0. The van der Waals surface area contributed by atoms with Gasteiger partial charge < -0.3 is 9.84 Å². The molecule has 0 aliphatic rings. The molecular weight excluding hydrogens is 401 g/mol. The maximum atomic E-state index is 15.0. The highest BCUT2D eigenvalue weighted by Crippen LogP contribution is 2.31. The third-order valence-electron chi connectivity index (χ3n) is 5.01. The summed E-state index contributed by atoms with van der Waals surface area (Å²) in [6.07, 6.45) is 0.394. The third-order valence-corrected chi connectivity index (χ3v) is 5.01. The second-order valence-electron chi connectivity index (χ2n) is 7.15. The highest BCUT2D eigenvalue weighted by atomic mass is 19.1. The molecule has 0 saturated carbocycles. The molecule has 2 heterocycles. The first-order chi connectivity index (χ1) is 14.9. The summed E-state index contributed by atoms with van der Waals surface area (Å²) in [6, 6.07) is 14.3. The molecule has 7 nitrogen and oxygen atoms in total. The number of pyridine rings is 1. The molecule has 0 aliphatic carbocycles. The quantitative estimate of drug-likeness (QED) is 0.487. The Bertz CT molecular complexity index is 1280. The number of ether oxygens (including phenoxy) is 1. The van der Waals surface area contributed by atoms with Crippen molar-refractivity contribution in [1.29, 1.82) is 0 Å². The summed E-state index contributed by atoms with van der Waals surface area (Å²) < 4.78 is 24.8. The molecule has 0 aliphatic heterocycles.